The van der Waals surface area contributed by atoms with Gasteiger partial charge in [-0.1, -0.05) is 12.1 Å². The fraction of sp³-hybridized carbons (Fsp3) is 0.190. The number of benzene rings is 2. The van der Waals surface area contributed by atoms with Crippen LogP contribution in [0.15, 0.2) is 53.9 Å². The molecule has 0 aliphatic heterocycles. The number of aryl methyl sites for hydroxylation is 1. The SMILES string of the molecule is COC(=O)c1ccc(OCc2csc(N(C(C)=O)c3cccc(C)c3)n2)cc1. The highest BCUT2D eigenvalue weighted by atomic mass is 32.1. The Morgan fingerprint density at radius 2 is 1.89 bits per heavy atom. The summed E-state index contributed by atoms with van der Waals surface area (Å²) in [5.74, 6) is 0.117. The summed E-state index contributed by atoms with van der Waals surface area (Å²) >= 11 is 1.38. The average molecular weight is 396 g/mol. The van der Waals surface area contributed by atoms with Gasteiger partial charge in [-0.3, -0.25) is 9.69 Å². The van der Waals surface area contributed by atoms with Crippen LogP contribution in [0.1, 0.15) is 28.5 Å². The molecule has 0 radical (unpaired) electrons. The van der Waals surface area contributed by atoms with E-state index >= 15 is 0 Å². The molecule has 0 N–H and O–H groups in total. The lowest BCUT2D eigenvalue weighted by Gasteiger charge is -2.18. The fourth-order valence-electron chi connectivity index (χ4n) is 2.62. The van der Waals surface area contributed by atoms with Crippen molar-refractivity contribution in [1.29, 1.82) is 0 Å². The van der Waals surface area contributed by atoms with E-state index in [0.29, 0.717) is 16.4 Å². The summed E-state index contributed by atoms with van der Waals surface area (Å²) in [6, 6.07) is 14.4. The number of thiazole rings is 1. The first-order valence-corrected chi connectivity index (χ1v) is 9.49. The molecular formula is C21H20N2O4S. The lowest BCUT2D eigenvalue weighted by molar-refractivity contribution is -0.115. The maximum absolute atomic E-state index is 12.2. The van der Waals surface area contributed by atoms with E-state index in [0.717, 1.165) is 16.9 Å². The van der Waals surface area contributed by atoms with Crippen LogP contribution in [0.25, 0.3) is 0 Å². The largest absolute Gasteiger partial charge is 0.487 e. The number of anilines is 2. The minimum atomic E-state index is -0.392. The summed E-state index contributed by atoms with van der Waals surface area (Å²) < 4.78 is 10.4. The molecule has 0 fully saturated rings. The molecule has 1 heterocycles. The third-order valence-corrected chi connectivity index (χ3v) is 4.84. The smallest absolute Gasteiger partial charge is 0.337 e. The molecule has 0 spiro atoms. The number of hydrogen-bond acceptors (Lipinski definition) is 6. The van der Waals surface area contributed by atoms with Crippen LogP contribution in [0.3, 0.4) is 0 Å². The summed E-state index contributed by atoms with van der Waals surface area (Å²) in [7, 11) is 1.34. The number of nitrogens with zero attached hydrogens (tertiary/aromatic N) is 2. The predicted octanol–water partition coefficient (Wildman–Crippen LogP) is 4.50. The molecule has 144 valence electrons. The van der Waals surface area contributed by atoms with Crippen LogP contribution in [0, 0.1) is 6.92 Å². The zero-order valence-electron chi connectivity index (χ0n) is 15.8. The van der Waals surface area contributed by atoms with Gasteiger partial charge in [0, 0.05) is 12.3 Å². The number of rotatable bonds is 6. The van der Waals surface area contributed by atoms with Crippen molar-refractivity contribution in [2.24, 2.45) is 0 Å². The van der Waals surface area contributed by atoms with E-state index in [2.05, 4.69) is 9.72 Å². The van der Waals surface area contributed by atoms with E-state index in [4.69, 9.17) is 4.74 Å². The molecule has 1 amide bonds. The van der Waals surface area contributed by atoms with Crippen LogP contribution >= 0.6 is 11.3 Å². The van der Waals surface area contributed by atoms with Crippen LogP contribution < -0.4 is 9.64 Å². The van der Waals surface area contributed by atoms with Gasteiger partial charge >= 0.3 is 5.97 Å². The Morgan fingerprint density at radius 3 is 2.54 bits per heavy atom. The summed E-state index contributed by atoms with van der Waals surface area (Å²) in [5, 5.41) is 2.46. The monoisotopic (exact) mass is 396 g/mol. The number of carbonyl (C=O) groups excluding carboxylic acids is 2. The van der Waals surface area contributed by atoms with Crippen LogP contribution in [0.5, 0.6) is 5.75 Å². The zero-order valence-corrected chi connectivity index (χ0v) is 16.7. The summed E-state index contributed by atoms with van der Waals surface area (Å²) in [4.78, 5) is 29.8. The Kier molecular flexibility index (Phi) is 6.06. The van der Waals surface area contributed by atoms with Crippen molar-refractivity contribution in [1.82, 2.24) is 4.98 Å². The molecule has 0 aliphatic carbocycles. The van der Waals surface area contributed by atoms with Gasteiger partial charge in [0.05, 0.1) is 24.1 Å². The van der Waals surface area contributed by atoms with Gasteiger partial charge in [0.2, 0.25) is 5.91 Å². The average Bonchev–Trinajstić information content (AvgIpc) is 3.14. The molecule has 3 aromatic rings. The van der Waals surface area contributed by atoms with E-state index in [1.54, 1.807) is 29.2 Å². The van der Waals surface area contributed by atoms with Crippen LogP contribution in [0.4, 0.5) is 10.8 Å². The number of hydrogen-bond donors (Lipinski definition) is 0. The van der Waals surface area contributed by atoms with Gasteiger partial charge in [-0.15, -0.1) is 11.3 Å². The Morgan fingerprint density at radius 1 is 1.14 bits per heavy atom. The molecule has 6 nitrogen and oxygen atoms in total. The molecule has 0 unspecified atom stereocenters. The quantitative estimate of drug-likeness (QED) is 0.574. The number of ether oxygens (including phenoxy) is 2. The van der Waals surface area contributed by atoms with Crippen molar-refractivity contribution < 1.29 is 19.1 Å². The highest BCUT2D eigenvalue weighted by molar-refractivity contribution is 7.14. The molecule has 0 saturated carbocycles. The summed E-state index contributed by atoms with van der Waals surface area (Å²) in [6.45, 7) is 3.75. The lowest BCUT2D eigenvalue weighted by Crippen LogP contribution is -2.22. The van der Waals surface area contributed by atoms with Crippen molar-refractivity contribution >= 4 is 34.0 Å². The van der Waals surface area contributed by atoms with Gasteiger partial charge in [0.15, 0.2) is 5.13 Å². The van der Waals surface area contributed by atoms with Crippen molar-refractivity contribution in [2.45, 2.75) is 20.5 Å². The highest BCUT2D eigenvalue weighted by Crippen LogP contribution is 2.29. The minimum absolute atomic E-state index is 0.106. The van der Waals surface area contributed by atoms with Gasteiger partial charge in [0.1, 0.15) is 12.4 Å². The second-order valence-corrected chi connectivity index (χ2v) is 6.96. The number of carbonyl (C=O) groups is 2. The number of aromatic nitrogens is 1. The molecule has 0 saturated heterocycles. The molecule has 28 heavy (non-hydrogen) atoms. The first-order valence-electron chi connectivity index (χ1n) is 8.61. The second-order valence-electron chi connectivity index (χ2n) is 6.12. The molecule has 0 atom stereocenters. The fourth-order valence-corrected chi connectivity index (χ4v) is 3.49. The first-order chi connectivity index (χ1) is 13.5. The molecule has 2 aromatic carbocycles. The molecule has 7 heteroatoms. The van der Waals surface area contributed by atoms with E-state index in [-0.39, 0.29) is 12.5 Å². The van der Waals surface area contributed by atoms with Crippen LogP contribution in [-0.2, 0) is 16.1 Å². The maximum Gasteiger partial charge on any atom is 0.337 e. The second kappa shape index (κ2) is 8.67. The highest BCUT2D eigenvalue weighted by Gasteiger charge is 2.18. The Labute approximate surface area is 167 Å². The maximum atomic E-state index is 12.2. The molecule has 1 aromatic heterocycles. The van der Waals surface area contributed by atoms with E-state index in [9.17, 15) is 9.59 Å². The van der Waals surface area contributed by atoms with Crippen molar-refractivity contribution in [2.75, 3.05) is 12.0 Å². The lowest BCUT2D eigenvalue weighted by atomic mass is 10.2. The predicted molar refractivity (Wildman–Crippen MR) is 108 cm³/mol. The number of esters is 1. The number of amides is 1. The van der Waals surface area contributed by atoms with Gasteiger partial charge in [-0.2, -0.15) is 0 Å². The first kappa shape index (κ1) is 19.6. The van der Waals surface area contributed by atoms with Gasteiger partial charge in [0.25, 0.3) is 0 Å². The van der Waals surface area contributed by atoms with Gasteiger partial charge in [-0.25, -0.2) is 9.78 Å². The minimum Gasteiger partial charge on any atom is -0.487 e. The van der Waals surface area contributed by atoms with Crippen molar-refractivity contribution in [3.63, 3.8) is 0 Å². The van der Waals surface area contributed by atoms with Crippen LogP contribution in [0.2, 0.25) is 0 Å². The summed E-state index contributed by atoms with van der Waals surface area (Å²) in [5.41, 5.74) is 3.03. The van der Waals surface area contributed by atoms with E-state index in [1.807, 2.05) is 36.6 Å². The number of methoxy groups -OCH3 is 1. The zero-order chi connectivity index (χ0) is 20.1. The topological polar surface area (TPSA) is 68.7 Å². The molecule has 0 aliphatic rings. The standard InChI is InChI=1S/C21H20N2O4S/c1-14-5-4-6-18(11-14)23(15(2)24)21-22-17(13-28-21)12-27-19-9-7-16(8-10-19)20(25)26-3/h4-11,13H,12H2,1-3H3. The Hall–Kier alpha value is -3.19. The normalized spacial score (nSPS) is 10.4. The third kappa shape index (κ3) is 4.55. The van der Waals surface area contributed by atoms with Gasteiger partial charge in [-0.05, 0) is 48.9 Å². The van der Waals surface area contributed by atoms with Crippen molar-refractivity contribution in [3.05, 3.63) is 70.7 Å². The summed E-state index contributed by atoms with van der Waals surface area (Å²) in [6.07, 6.45) is 0. The van der Waals surface area contributed by atoms with E-state index < -0.39 is 5.97 Å². The Balaban J connectivity index is 1.71. The third-order valence-electron chi connectivity index (χ3n) is 3.97. The molecule has 0 bridgehead atoms. The Bertz CT molecular complexity index is 982. The van der Waals surface area contributed by atoms with E-state index in [1.165, 1.54) is 25.4 Å². The molecule has 3 rings (SSSR count). The van der Waals surface area contributed by atoms with Crippen molar-refractivity contribution in [3.8, 4) is 5.75 Å². The van der Waals surface area contributed by atoms with Gasteiger partial charge < -0.3 is 9.47 Å². The van der Waals surface area contributed by atoms with Crippen LogP contribution in [-0.4, -0.2) is 24.0 Å². The molecular weight excluding hydrogens is 376 g/mol.